The van der Waals surface area contributed by atoms with Gasteiger partial charge in [0.25, 0.3) is 0 Å². The maximum Gasteiger partial charge on any atom is 0.234 e. The summed E-state index contributed by atoms with van der Waals surface area (Å²) in [6, 6.07) is 8.16. The summed E-state index contributed by atoms with van der Waals surface area (Å²) in [6.07, 6.45) is 0. The van der Waals surface area contributed by atoms with E-state index in [4.69, 9.17) is 4.74 Å². The first-order valence-corrected chi connectivity index (χ1v) is 7.03. The van der Waals surface area contributed by atoms with Gasteiger partial charge in [-0.25, -0.2) is 0 Å². The van der Waals surface area contributed by atoms with E-state index in [-0.39, 0.29) is 5.91 Å². The lowest BCUT2D eigenvalue weighted by Gasteiger charge is -2.33. The van der Waals surface area contributed by atoms with Crippen LogP contribution >= 0.6 is 0 Å². The van der Waals surface area contributed by atoms with Crippen molar-refractivity contribution in [3.8, 4) is 5.75 Å². The van der Waals surface area contributed by atoms with Crippen molar-refractivity contribution >= 4 is 5.91 Å². The van der Waals surface area contributed by atoms with Crippen LogP contribution in [-0.2, 0) is 11.3 Å². The van der Waals surface area contributed by atoms with Crippen LogP contribution < -0.4 is 15.4 Å². The van der Waals surface area contributed by atoms with Crippen LogP contribution in [0.15, 0.2) is 24.3 Å². The number of ether oxygens (including phenoxy) is 1. The number of rotatable bonds is 5. The molecule has 0 bridgehead atoms. The number of hydrogen-bond donors (Lipinski definition) is 2. The average molecular weight is 277 g/mol. The normalized spacial score (nSPS) is 19.6. The lowest BCUT2D eigenvalue weighted by Crippen LogP contribution is -2.52. The van der Waals surface area contributed by atoms with Gasteiger partial charge in [-0.2, -0.15) is 0 Å². The molecule has 2 rings (SSSR count). The maximum absolute atomic E-state index is 12.0. The van der Waals surface area contributed by atoms with Crippen molar-refractivity contribution in [2.24, 2.45) is 0 Å². The van der Waals surface area contributed by atoms with Gasteiger partial charge in [0.05, 0.1) is 13.7 Å². The SMILES string of the molecule is COc1cccc(CNC(=O)CN2CCNC[C@H]2C)c1. The summed E-state index contributed by atoms with van der Waals surface area (Å²) in [4.78, 5) is 14.2. The lowest BCUT2D eigenvalue weighted by molar-refractivity contribution is -0.123. The second-order valence-corrected chi connectivity index (χ2v) is 5.15. The predicted molar refractivity (Wildman–Crippen MR) is 78.7 cm³/mol. The van der Waals surface area contributed by atoms with E-state index in [0.29, 0.717) is 19.1 Å². The Morgan fingerprint density at radius 2 is 2.40 bits per heavy atom. The van der Waals surface area contributed by atoms with Crippen LogP contribution in [-0.4, -0.2) is 50.1 Å². The van der Waals surface area contributed by atoms with Gasteiger partial charge in [-0.3, -0.25) is 9.69 Å². The van der Waals surface area contributed by atoms with E-state index in [1.807, 2.05) is 24.3 Å². The van der Waals surface area contributed by atoms with Gasteiger partial charge in [0.2, 0.25) is 5.91 Å². The van der Waals surface area contributed by atoms with E-state index < -0.39 is 0 Å². The van der Waals surface area contributed by atoms with Crippen molar-refractivity contribution in [3.05, 3.63) is 29.8 Å². The van der Waals surface area contributed by atoms with E-state index in [9.17, 15) is 4.79 Å². The molecule has 0 spiro atoms. The highest BCUT2D eigenvalue weighted by atomic mass is 16.5. The van der Waals surface area contributed by atoms with Crippen LogP contribution in [0.5, 0.6) is 5.75 Å². The monoisotopic (exact) mass is 277 g/mol. The molecule has 1 aliphatic rings. The summed E-state index contributed by atoms with van der Waals surface area (Å²) < 4.78 is 5.17. The molecule has 1 atom stereocenters. The Morgan fingerprint density at radius 3 is 3.15 bits per heavy atom. The first-order valence-electron chi connectivity index (χ1n) is 7.03. The number of piperazine rings is 1. The molecular formula is C15H23N3O2. The first-order chi connectivity index (χ1) is 9.69. The number of carbonyl (C=O) groups is 1. The van der Waals surface area contributed by atoms with Gasteiger partial charge in [0, 0.05) is 32.2 Å². The van der Waals surface area contributed by atoms with Crippen molar-refractivity contribution in [3.63, 3.8) is 0 Å². The standard InChI is InChI=1S/C15H23N3O2/c1-12-9-16-6-7-18(12)11-15(19)17-10-13-4-3-5-14(8-13)20-2/h3-5,8,12,16H,6-7,9-11H2,1-2H3,(H,17,19)/t12-/m1/s1. The zero-order valence-corrected chi connectivity index (χ0v) is 12.2. The average Bonchev–Trinajstić information content (AvgIpc) is 2.48. The predicted octanol–water partition coefficient (Wildman–Crippen LogP) is 0.605. The molecular weight excluding hydrogens is 254 g/mol. The van der Waals surface area contributed by atoms with Crippen LogP contribution in [0.3, 0.4) is 0 Å². The van der Waals surface area contributed by atoms with Gasteiger partial charge < -0.3 is 15.4 Å². The Labute approximate surface area is 120 Å². The summed E-state index contributed by atoms with van der Waals surface area (Å²) in [5.41, 5.74) is 1.05. The number of carbonyl (C=O) groups excluding carboxylic acids is 1. The van der Waals surface area contributed by atoms with Crippen molar-refractivity contribution in [2.75, 3.05) is 33.3 Å². The molecule has 1 saturated heterocycles. The van der Waals surface area contributed by atoms with Gasteiger partial charge in [-0.05, 0) is 24.6 Å². The second kappa shape index (κ2) is 7.26. The lowest BCUT2D eigenvalue weighted by atomic mass is 10.2. The minimum absolute atomic E-state index is 0.0709. The molecule has 2 N–H and O–H groups in total. The zero-order valence-electron chi connectivity index (χ0n) is 12.2. The summed E-state index contributed by atoms with van der Waals surface area (Å²) >= 11 is 0. The van der Waals surface area contributed by atoms with Gasteiger partial charge in [0.15, 0.2) is 0 Å². The molecule has 1 fully saturated rings. The van der Waals surface area contributed by atoms with E-state index in [1.165, 1.54) is 0 Å². The van der Waals surface area contributed by atoms with Gasteiger partial charge in [-0.15, -0.1) is 0 Å². The Hall–Kier alpha value is -1.59. The molecule has 0 saturated carbocycles. The number of nitrogens with one attached hydrogen (secondary N) is 2. The topological polar surface area (TPSA) is 53.6 Å². The highest BCUT2D eigenvalue weighted by Gasteiger charge is 2.19. The molecule has 0 radical (unpaired) electrons. The molecule has 20 heavy (non-hydrogen) atoms. The van der Waals surface area contributed by atoms with Crippen LogP contribution in [0.25, 0.3) is 0 Å². The molecule has 1 aliphatic heterocycles. The third kappa shape index (κ3) is 4.21. The minimum atomic E-state index is 0.0709. The van der Waals surface area contributed by atoms with E-state index in [0.717, 1.165) is 30.9 Å². The largest absolute Gasteiger partial charge is 0.497 e. The van der Waals surface area contributed by atoms with Gasteiger partial charge in [-0.1, -0.05) is 12.1 Å². The maximum atomic E-state index is 12.0. The van der Waals surface area contributed by atoms with E-state index >= 15 is 0 Å². The number of benzene rings is 1. The molecule has 1 heterocycles. The Balaban J connectivity index is 1.79. The molecule has 110 valence electrons. The summed E-state index contributed by atoms with van der Waals surface area (Å²) in [7, 11) is 1.64. The fraction of sp³-hybridized carbons (Fsp3) is 0.533. The molecule has 0 aliphatic carbocycles. The number of hydrogen-bond acceptors (Lipinski definition) is 4. The van der Waals surface area contributed by atoms with Crippen LogP contribution in [0, 0.1) is 0 Å². The highest BCUT2D eigenvalue weighted by molar-refractivity contribution is 5.78. The Kier molecular flexibility index (Phi) is 5.38. The molecule has 0 aromatic heterocycles. The second-order valence-electron chi connectivity index (χ2n) is 5.15. The third-order valence-electron chi connectivity index (χ3n) is 3.61. The van der Waals surface area contributed by atoms with E-state index in [2.05, 4.69) is 22.5 Å². The molecule has 5 nitrogen and oxygen atoms in total. The molecule has 5 heteroatoms. The summed E-state index contributed by atoms with van der Waals surface area (Å²) in [6.45, 7) is 5.97. The minimum Gasteiger partial charge on any atom is -0.497 e. The first kappa shape index (κ1) is 14.8. The number of nitrogens with zero attached hydrogens (tertiary/aromatic N) is 1. The molecule has 1 aromatic carbocycles. The van der Waals surface area contributed by atoms with Crippen molar-refractivity contribution in [1.29, 1.82) is 0 Å². The van der Waals surface area contributed by atoms with E-state index in [1.54, 1.807) is 7.11 Å². The van der Waals surface area contributed by atoms with Gasteiger partial charge >= 0.3 is 0 Å². The molecule has 0 unspecified atom stereocenters. The van der Waals surface area contributed by atoms with Gasteiger partial charge in [0.1, 0.15) is 5.75 Å². The van der Waals surface area contributed by atoms with Crippen molar-refractivity contribution < 1.29 is 9.53 Å². The Bertz CT molecular complexity index is 450. The van der Waals surface area contributed by atoms with Crippen molar-refractivity contribution in [1.82, 2.24) is 15.5 Å². The number of amides is 1. The fourth-order valence-electron chi connectivity index (χ4n) is 2.34. The quantitative estimate of drug-likeness (QED) is 0.828. The van der Waals surface area contributed by atoms with Crippen LogP contribution in [0.1, 0.15) is 12.5 Å². The number of methoxy groups -OCH3 is 1. The van der Waals surface area contributed by atoms with Crippen LogP contribution in [0.4, 0.5) is 0 Å². The third-order valence-corrected chi connectivity index (χ3v) is 3.61. The summed E-state index contributed by atoms with van der Waals surface area (Å²) in [5, 5.41) is 6.28. The molecule has 1 amide bonds. The molecule has 1 aromatic rings. The zero-order chi connectivity index (χ0) is 14.4. The summed E-state index contributed by atoms with van der Waals surface area (Å²) in [5.74, 6) is 0.883. The smallest absolute Gasteiger partial charge is 0.234 e. The fourth-order valence-corrected chi connectivity index (χ4v) is 2.34. The van der Waals surface area contributed by atoms with Crippen LogP contribution in [0.2, 0.25) is 0 Å². The highest BCUT2D eigenvalue weighted by Crippen LogP contribution is 2.12. The van der Waals surface area contributed by atoms with Crippen molar-refractivity contribution in [2.45, 2.75) is 19.5 Å². The Morgan fingerprint density at radius 1 is 1.55 bits per heavy atom.